The van der Waals surface area contributed by atoms with Crippen LogP contribution >= 0.6 is 12.2 Å². The maximum Gasteiger partial charge on any atom is 0.416 e. The van der Waals surface area contributed by atoms with E-state index in [0.717, 1.165) is 17.7 Å². The van der Waals surface area contributed by atoms with E-state index in [9.17, 15) is 13.2 Å². The predicted molar refractivity (Wildman–Crippen MR) is 61.4 cm³/mol. The van der Waals surface area contributed by atoms with E-state index >= 15 is 0 Å². The summed E-state index contributed by atoms with van der Waals surface area (Å²) in [5.74, 6) is 0. The van der Waals surface area contributed by atoms with Crippen LogP contribution in [0.5, 0.6) is 0 Å². The molecule has 0 amide bonds. The number of hydrogen-bond acceptors (Lipinski definition) is 1. The van der Waals surface area contributed by atoms with Crippen molar-refractivity contribution in [3.8, 4) is 0 Å². The molecule has 1 N–H and O–H groups in total. The van der Waals surface area contributed by atoms with Gasteiger partial charge in [0.15, 0.2) is 0 Å². The van der Waals surface area contributed by atoms with Gasteiger partial charge < -0.3 is 5.32 Å². The lowest BCUT2D eigenvalue weighted by molar-refractivity contribution is -0.137. The average Bonchev–Trinajstić information content (AvgIpc) is 2.25. The Hall–Kier alpha value is -1.10. The summed E-state index contributed by atoms with van der Waals surface area (Å²) in [7, 11) is 1.73. The molecule has 0 spiro atoms. The van der Waals surface area contributed by atoms with Gasteiger partial charge >= 0.3 is 6.18 Å². The highest BCUT2D eigenvalue weighted by molar-refractivity contribution is 7.80. The normalized spacial score (nSPS) is 11.2. The first-order chi connectivity index (χ1) is 7.43. The second kappa shape index (κ2) is 5.30. The van der Waals surface area contributed by atoms with Crippen LogP contribution < -0.4 is 5.32 Å². The quantitative estimate of drug-likeness (QED) is 0.823. The lowest BCUT2D eigenvalue weighted by Crippen LogP contribution is -2.15. The lowest BCUT2D eigenvalue weighted by Gasteiger charge is -2.07. The Labute approximate surface area is 97.7 Å². The minimum Gasteiger partial charge on any atom is -0.383 e. The van der Waals surface area contributed by atoms with E-state index in [1.54, 1.807) is 7.05 Å². The van der Waals surface area contributed by atoms with Crippen LogP contribution in [0.4, 0.5) is 13.2 Å². The van der Waals surface area contributed by atoms with Gasteiger partial charge in [-0.05, 0) is 24.1 Å². The van der Waals surface area contributed by atoms with E-state index in [1.165, 1.54) is 12.1 Å². The molecular formula is C11H12F3NS. The molecule has 0 aliphatic carbocycles. The van der Waals surface area contributed by atoms with Crippen molar-refractivity contribution in [1.29, 1.82) is 0 Å². The molecule has 0 aliphatic rings. The van der Waals surface area contributed by atoms with Crippen molar-refractivity contribution in [1.82, 2.24) is 5.32 Å². The fourth-order valence-electron chi connectivity index (χ4n) is 1.24. The number of alkyl halides is 3. The third kappa shape index (κ3) is 3.81. The molecule has 0 radical (unpaired) electrons. The molecule has 1 rings (SSSR count). The summed E-state index contributed by atoms with van der Waals surface area (Å²) in [5, 5.41) is 2.82. The number of aryl methyl sites for hydroxylation is 1. The number of benzene rings is 1. The van der Waals surface area contributed by atoms with Gasteiger partial charge in [0.2, 0.25) is 0 Å². The highest BCUT2D eigenvalue weighted by Crippen LogP contribution is 2.29. The van der Waals surface area contributed by atoms with Gasteiger partial charge in [-0.1, -0.05) is 24.4 Å². The minimum absolute atomic E-state index is 0.618. The van der Waals surface area contributed by atoms with Gasteiger partial charge in [0.05, 0.1) is 10.6 Å². The van der Waals surface area contributed by atoms with E-state index in [-0.39, 0.29) is 0 Å². The monoisotopic (exact) mass is 247 g/mol. The van der Waals surface area contributed by atoms with Crippen molar-refractivity contribution < 1.29 is 13.2 Å². The highest BCUT2D eigenvalue weighted by atomic mass is 32.1. The molecule has 0 atom stereocenters. The molecule has 1 aromatic rings. The molecule has 16 heavy (non-hydrogen) atoms. The van der Waals surface area contributed by atoms with Crippen molar-refractivity contribution in [2.75, 3.05) is 7.05 Å². The Bertz CT molecular complexity index is 356. The summed E-state index contributed by atoms with van der Waals surface area (Å²) in [6, 6.07) is 5.16. The van der Waals surface area contributed by atoms with Gasteiger partial charge in [-0.15, -0.1) is 0 Å². The summed E-state index contributed by atoms with van der Waals surface area (Å²) in [5.41, 5.74) is 0.234. The van der Waals surface area contributed by atoms with E-state index in [2.05, 4.69) is 5.32 Å². The average molecular weight is 247 g/mol. The van der Waals surface area contributed by atoms with Crippen LogP contribution in [-0.2, 0) is 12.6 Å². The molecule has 0 bridgehead atoms. The van der Waals surface area contributed by atoms with E-state index in [4.69, 9.17) is 12.2 Å². The zero-order valence-electron chi connectivity index (χ0n) is 8.77. The summed E-state index contributed by atoms with van der Waals surface area (Å²) in [4.78, 5) is 0.708. The molecule has 5 heteroatoms. The largest absolute Gasteiger partial charge is 0.416 e. The van der Waals surface area contributed by atoms with E-state index in [0.29, 0.717) is 17.8 Å². The first-order valence-electron chi connectivity index (χ1n) is 4.80. The van der Waals surface area contributed by atoms with Crippen LogP contribution in [0.2, 0.25) is 0 Å². The molecule has 1 aromatic carbocycles. The van der Waals surface area contributed by atoms with Crippen LogP contribution in [-0.4, -0.2) is 12.0 Å². The smallest absolute Gasteiger partial charge is 0.383 e. The number of thiocarbonyl (C=S) groups is 1. The molecule has 0 fully saturated rings. The fourth-order valence-corrected chi connectivity index (χ4v) is 1.35. The van der Waals surface area contributed by atoms with Gasteiger partial charge in [0.25, 0.3) is 0 Å². The zero-order chi connectivity index (χ0) is 12.2. The first kappa shape index (κ1) is 13.0. The minimum atomic E-state index is -4.27. The van der Waals surface area contributed by atoms with Crippen LogP contribution in [0, 0.1) is 0 Å². The van der Waals surface area contributed by atoms with Crippen molar-refractivity contribution in [2.24, 2.45) is 0 Å². The predicted octanol–water partition coefficient (Wildman–Crippen LogP) is 3.18. The van der Waals surface area contributed by atoms with Crippen LogP contribution in [0.25, 0.3) is 0 Å². The van der Waals surface area contributed by atoms with E-state index < -0.39 is 11.7 Å². The standard InChI is InChI=1S/C11H12F3NS/c1-15-10(16)7-4-8-2-5-9(6-3-8)11(12,13)14/h2-3,5-6H,4,7H2,1H3,(H,15,16). The second-order valence-electron chi connectivity index (χ2n) is 3.37. The van der Waals surface area contributed by atoms with Crippen molar-refractivity contribution in [3.05, 3.63) is 35.4 Å². The number of nitrogens with one attached hydrogen (secondary N) is 1. The number of halogens is 3. The van der Waals surface area contributed by atoms with Gasteiger partial charge in [-0.3, -0.25) is 0 Å². The number of rotatable bonds is 3. The van der Waals surface area contributed by atoms with Crippen LogP contribution in [0.15, 0.2) is 24.3 Å². The van der Waals surface area contributed by atoms with Gasteiger partial charge in [0.1, 0.15) is 0 Å². The number of hydrogen-bond donors (Lipinski definition) is 1. The first-order valence-corrected chi connectivity index (χ1v) is 5.21. The zero-order valence-corrected chi connectivity index (χ0v) is 9.58. The fraction of sp³-hybridized carbons (Fsp3) is 0.364. The maximum absolute atomic E-state index is 12.3. The molecule has 0 aliphatic heterocycles. The summed E-state index contributed by atoms with van der Waals surface area (Å²) in [6.07, 6.45) is -2.96. The van der Waals surface area contributed by atoms with Crippen molar-refractivity contribution in [2.45, 2.75) is 19.0 Å². The molecular weight excluding hydrogens is 235 g/mol. The van der Waals surface area contributed by atoms with E-state index in [1.807, 2.05) is 0 Å². The Balaban J connectivity index is 2.62. The Morgan fingerprint density at radius 1 is 1.25 bits per heavy atom. The van der Waals surface area contributed by atoms with Crippen molar-refractivity contribution >= 4 is 17.2 Å². The lowest BCUT2D eigenvalue weighted by atomic mass is 10.1. The van der Waals surface area contributed by atoms with Crippen molar-refractivity contribution in [3.63, 3.8) is 0 Å². The summed E-state index contributed by atoms with van der Waals surface area (Å²) in [6.45, 7) is 0. The van der Waals surface area contributed by atoms with Gasteiger partial charge in [0, 0.05) is 13.5 Å². The maximum atomic E-state index is 12.3. The highest BCUT2D eigenvalue weighted by Gasteiger charge is 2.29. The molecule has 1 nitrogen and oxygen atoms in total. The summed E-state index contributed by atoms with van der Waals surface area (Å²) < 4.78 is 36.8. The van der Waals surface area contributed by atoms with Gasteiger partial charge in [-0.2, -0.15) is 13.2 Å². The van der Waals surface area contributed by atoms with Crippen LogP contribution in [0.3, 0.4) is 0 Å². The summed E-state index contributed by atoms with van der Waals surface area (Å²) >= 11 is 4.95. The SMILES string of the molecule is CNC(=S)CCc1ccc(C(F)(F)F)cc1. The molecule has 0 saturated carbocycles. The molecule has 0 unspecified atom stereocenters. The Morgan fingerprint density at radius 2 is 1.81 bits per heavy atom. The Kier molecular flexibility index (Phi) is 4.29. The molecule has 0 saturated heterocycles. The third-order valence-electron chi connectivity index (χ3n) is 2.20. The Morgan fingerprint density at radius 3 is 2.25 bits per heavy atom. The van der Waals surface area contributed by atoms with Crippen LogP contribution in [0.1, 0.15) is 17.5 Å². The molecule has 0 heterocycles. The second-order valence-corrected chi connectivity index (χ2v) is 3.86. The third-order valence-corrected chi connectivity index (χ3v) is 2.61. The molecule has 88 valence electrons. The van der Waals surface area contributed by atoms with Gasteiger partial charge in [-0.25, -0.2) is 0 Å². The molecule has 0 aromatic heterocycles. The topological polar surface area (TPSA) is 12.0 Å².